The molecule has 0 aliphatic heterocycles. The number of thiophene rings is 1. The number of hydrogen-bond donors (Lipinski definition) is 0. The van der Waals surface area contributed by atoms with E-state index in [9.17, 15) is 13.6 Å². The molecule has 8 heteroatoms. The lowest BCUT2D eigenvalue weighted by atomic mass is 10.1. The SMILES string of the molecule is COC(=O)c1sc2nnc(C(F)F)c(C)c2c1Br. The molecule has 0 aliphatic carbocycles. The summed E-state index contributed by atoms with van der Waals surface area (Å²) >= 11 is 4.28. The molecule has 0 fully saturated rings. The lowest BCUT2D eigenvalue weighted by Crippen LogP contribution is -1.99. The Morgan fingerprint density at radius 2 is 2.11 bits per heavy atom. The van der Waals surface area contributed by atoms with E-state index in [1.54, 1.807) is 0 Å². The predicted molar refractivity (Wildman–Crippen MR) is 66.1 cm³/mol. The Kier molecular flexibility index (Phi) is 3.58. The highest BCUT2D eigenvalue weighted by Gasteiger charge is 2.23. The predicted octanol–water partition coefficient (Wildman–Crippen LogP) is 3.49. The van der Waals surface area contributed by atoms with E-state index in [1.807, 2.05) is 0 Å². The van der Waals surface area contributed by atoms with Crippen molar-refractivity contribution >= 4 is 43.5 Å². The fourth-order valence-electron chi connectivity index (χ4n) is 1.53. The molecule has 0 saturated carbocycles. The van der Waals surface area contributed by atoms with Crippen LogP contribution in [0.25, 0.3) is 10.2 Å². The van der Waals surface area contributed by atoms with Crippen molar-refractivity contribution < 1.29 is 18.3 Å². The molecule has 0 N–H and O–H groups in total. The fourth-order valence-corrected chi connectivity index (χ4v) is 3.54. The molecule has 0 spiro atoms. The topological polar surface area (TPSA) is 52.1 Å². The van der Waals surface area contributed by atoms with E-state index >= 15 is 0 Å². The molecular formula is C10H7BrF2N2O2S. The van der Waals surface area contributed by atoms with Gasteiger partial charge in [0, 0.05) is 5.39 Å². The van der Waals surface area contributed by atoms with Crippen molar-refractivity contribution in [1.29, 1.82) is 0 Å². The van der Waals surface area contributed by atoms with Gasteiger partial charge >= 0.3 is 5.97 Å². The number of rotatable bonds is 2. The van der Waals surface area contributed by atoms with Gasteiger partial charge in [-0.2, -0.15) is 0 Å². The smallest absolute Gasteiger partial charge is 0.349 e. The minimum absolute atomic E-state index is 0.288. The van der Waals surface area contributed by atoms with Gasteiger partial charge in [0.15, 0.2) is 0 Å². The highest BCUT2D eigenvalue weighted by molar-refractivity contribution is 9.10. The minimum atomic E-state index is -2.70. The third-order valence-corrected chi connectivity index (χ3v) is 4.53. The summed E-state index contributed by atoms with van der Waals surface area (Å²) in [4.78, 5) is 12.2. The number of esters is 1. The number of methoxy groups -OCH3 is 1. The quantitative estimate of drug-likeness (QED) is 0.788. The molecule has 4 nitrogen and oxygen atoms in total. The summed E-state index contributed by atoms with van der Waals surface area (Å²) in [5.74, 6) is -0.539. The third kappa shape index (κ3) is 1.99. The van der Waals surface area contributed by atoms with E-state index in [-0.39, 0.29) is 10.6 Å². The van der Waals surface area contributed by atoms with Crippen LogP contribution < -0.4 is 0 Å². The Bertz CT molecular complexity index is 630. The van der Waals surface area contributed by atoms with Crippen LogP contribution in [-0.2, 0) is 4.74 Å². The molecule has 0 aromatic carbocycles. The van der Waals surface area contributed by atoms with Crippen LogP contribution in [0.3, 0.4) is 0 Å². The van der Waals surface area contributed by atoms with Gasteiger partial charge in [-0.25, -0.2) is 13.6 Å². The number of halogens is 3. The van der Waals surface area contributed by atoms with Gasteiger partial charge in [-0.3, -0.25) is 0 Å². The van der Waals surface area contributed by atoms with Gasteiger partial charge < -0.3 is 4.74 Å². The summed E-state index contributed by atoms with van der Waals surface area (Å²) in [6.07, 6.45) is -2.70. The number of aromatic nitrogens is 2. The van der Waals surface area contributed by atoms with Crippen LogP contribution in [0.5, 0.6) is 0 Å². The van der Waals surface area contributed by atoms with Crippen molar-refractivity contribution in [3.8, 4) is 0 Å². The van der Waals surface area contributed by atoms with Gasteiger partial charge in [-0.05, 0) is 28.4 Å². The third-order valence-electron chi connectivity index (χ3n) is 2.42. The zero-order valence-electron chi connectivity index (χ0n) is 9.33. The molecule has 0 amide bonds. The number of aryl methyl sites for hydroxylation is 1. The van der Waals surface area contributed by atoms with E-state index < -0.39 is 12.4 Å². The summed E-state index contributed by atoms with van der Waals surface area (Å²) in [6, 6.07) is 0. The maximum Gasteiger partial charge on any atom is 0.349 e. The van der Waals surface area contributed by atoms with E-state index in [0.29, 0.717) is 20.3 Å². The lowest BCUT2D eigenvalue weighted by Gasteiger charge is -2.03. The van der Waals surface area contributed by atoms with Crippen LogP contribution in [0.2, 0.25) is 0 Å². The summed E-state index contributed by atoms with van der Waals surface area (Å²) in [5, 5.41) is 7.67. The van der Waals surface area contributed by atoms with Crippen molar-refractivity contribution in [3.05, 3.63) is 20.6 Å². The number of ether oxygens (including phenoxy) is 1. The highest BCUT2D eigenvalue weighted by atomic mass is 79.9. The molecule has 96 valence electrons. The lowest BCUT2D eigenvalue weighted by molar-refractivity contribution is 0.0605. The molecule has 18 heavy (non-hydrogen) atoms. The summed E-state index contributed by atoms with van der Waals surface area (Å²) < 4.78 is 30.5. The molecule has 2 rings (SSSR count). The van der Waals surface area contributed by atoms with Crippen molar-refractivity contribution in [2.75, 3.05) is 7.11 Å². The normalized spacial score (nSPS) is 11.2. The van der Waals surface area contributed by atoms with E-state index in [1.165, 1.54) is 14.0 Å². The Labute approximate surface area is 113 Å². The molecule has 2 aromatic rings. The number of carbonyl (C=O) groups excluding carboxylic acids is 1. The van der Waals surface area contributed by atoms with Crippen molar-refractivity contribution in [2.45, 2.75) is 13.3 Å². The van der Waals surface area contributed by atoms with Gasteiger partial charge in [0.1, 0.15) is 15.4 Å². The Balaban J connectivity index is 2.74. The molecule has 2 heterocycles. The Morgan fingerprint density at radius 3 is 2.67 bits per heavy atom. The second kappa shape index (κ2) is 4.85. The van der Waals surface area contributed by atoms with Crippen molar-refractivity contribution in [1.82, 2.24) is 10.2 Å². The van der Waals surface area contributed by atoms with Crippen molar-refractivity contribution in [2.24, 2.45) is 0 Å². The molecule has 0 bridgehead atoms. The fraction of sp³-hybridized carbons (Fsp3) is 0.300. The molecule has 0 atom stereocenters. The van der Waals surface area contributed by atoms with Crippen LogP contribution in [0.1, 0.15) is 27.4 Å². The van der Waals surface area contributed by atoms with E-state index in [4.69, 9.17) is 0 Å². The average molecular weight is 337 g/mol. The van der Waals surface area contributed by atoms with Crippen LogP contribution in [0.15, 0.2) is 4.47 Å². The van der Waals surface area contributed by atoms with E-state index in [0.717, 1.165) is 11.3 Å². The number of fused-ring (bicyclic) bond motifs is 1. The molecule has 0 aliphatic rings. The first-order valence-electron chi connectivity index (χ1n) is 4.79. The van der Waals surface area contributed by atoms with Crippen molar-refractivity contribution in [3.63, 3.8) is 0 Å². The standard InChI is InChI=1S/C10H7BrF2N2O2S/c1-3-4-5(11)7(10(16)17-2)18-9(4)15-14-6(3)8(12)13/h8H,1-2H3. The van der Waals surface area contributed by atoms with Gasteiger partial charge in [-0.15, -0.1) is 21.5 Å². The Morgan fingerprint density at radius 1 is 1.44 bits per heavy atom. The van der Waals surface area contributed by atoms with Crippen LogP contribution in [-0.4, -0.2) is 23.3 Å². The molecular weight excluding hydrogens is 330 g/mol. The average Bonchev–Trinajstić information content (AvgIpc) is 2.66. The highest BCUT2D eigenvalue weighted by Crippen LogP contribution is 2.38. The number of nitrogens with zero attached hydrogens (tertiary/aromatic N) is 2. The van der Waals surface area contributed by atoms with Crippen LogP contribution in [0.4, 0.5) is 8.78 Å². The van der Waals surface area contributed by atoms with Gasteiger partial charge in [-0.1, -0.05) is 0 Å². The number of carbonyl (C=O) groups is 1. The molecule has 2 aromatic heterocycles. The second-order valence-electron chi connectivity index (χ2n) is 3.43. The number of hydrogen-bond acceptors (Lipinski definition) is 5. The van der Waals surface area contributed by atoms with Gasteiger partial charge in [0.05, 0.1) is 11.6 Å². The maximum atomic E-state index is 12.7. The zero-order chi connectivity index (χ0) is 13.4. The molecule has 0 radical (unpaired) electrons. The summed E-state index contributed by atoms with van der Waals surface area (Å²) in [7, 11) is 1.25. The minimum Gasteiger partial charge on any atom is -0.465 e. The summed E-state index contributed by atoms with van der Waals surface area (Å²) in [6.45, 7) is 1.52. The van der Waals surface area contributed by atoms with Gasteiger partial charge in [0.2, 0.25) is 0 Å². The first kappa shape index (κ1) is 13.3. The molecule has 0 saturated heterocycles. The zero-order valence-corrected chi connectivity index (χ0v) is 11.7. The molecule has 0 unspecified atom stereocenters. The largest absolute Gasteiger partial charge is 0.465 e. The monoisotopic (exact) mass is 336 g/mol. The first-order chi connectivity index (χ1) is 8.47. The van der Waals surface area contributed by atoms with Crippen LogP contribution >= 0.6 is 27.3 Å². The van der Waals surface area contributed by atoms with E-state index in [2.05, 4.69) is 30.9 Å². The summed E-state index contributed by atoms with van der Waals surface area (Å²) in [5.41, 5.74) is -0.0642. The Hall–Kier alpha value is -1.15. The second-order valence-corrected chi connectivity index (χ2v) is 5.22. The van der Waals surface area contributed by atoms with Crippen LogP contribution in [0, 0.1) is 6.92 Å². The van der Waals surface area contributed by atoms with Gasteiger partial charge in [0.25, 0.3) is 6.43 Å². The number of alkyl halides is 2. The first-order valence-corrected chi connectivity index (χ1v) is 6.40. The maximum absolute atomic E-state index is 12.7.